The number of benzene rings is 1. The van der Waals surface area contributed by atoms with Gasteiger partial charge in [-0.15, -0.1) is 0 Å². The summed E-state index contributed by atoms with van der Waals surface area (Å²) in [5.74, 6) is 0.0403. The molecule has 1 aromatic carbocycles. The van der Waals surface area contributed by atoms with Crippen molar-refractivity contribution >= 4 is 11.9 Å². The number of aliphatic carboxylic acids is 1. The quantitative estimate of drug-likeness (QED) is 0.810. The Labute approximate surface area is 137 Å². The highest BCUT2D eigenvalue weighted by Gasteiger charge is 2.32. The summed E-state index contributed by atoms with van der Waals surface area (Å²) >= 11 is 0. The average molecular weight is 319 g/mol. The molecule has 0 aromatic heterocycles. The molecule has 5 nitrogen and oxygen atoms in total. The molecule has 0 spiro atoms. The van der Waals surface area contributed by atoms with Gasteiger partial charge in [0.05, 0.1) is 19.1 Å². The minimum absolute atomic E-state index is 0.0801. The number of hydrogen-bond donors (Lipinski definition) is 2. The molecule has 126 valence electrons. The minimum Gasteiger partial charge on any atom is -0.497 e. The summed E-state index contributed by atoms with van der Waals surface area (Å²) in [7, 11) is 1.56. The van der Waals surface area contributed by atoms with Crippen LogP contribution in [-0.2, 0) is 15.1 Å². The van der Waals surface area contributed by atoms with E-state index < -0.39 is 11.5 Å². The molecule has 0 saturated heterocycles. The molecular formula is C18H25NO4. The Kier molecular flexibility index (Phi) is 5.64. The standard InChI is InChI=1S/C18H25NO4/c1-18(12-17(21)22,14-8-5-9-15(11-14)23-2)19-16(20)10-13-6-3-4-7-13/h5,8-9,11,13H,3-4,6-7,10,12H2,1-2H3,(H,19,20)(H,21,22). The lowest BCUT2D eigenvalue weighted by Gasteiger charge is -2.31. The van der Waals surface area contributed by atoms with Crippen molar-refractivity contribution in [1.29, 1.82) is 0 Å². The predicted octanol–water partition coefficient (Wildman–Crippen LogP) is 3.08. The summed E-state index contributed by atoms with van der Waals surface area (Å²) in [5, 5.41) is 12.2. The zero-order chi connectivity index (χ0) is 16.9. The summed E-state index contributed by atoms with van der Waals surface area (Å²) < 4.78 is 5.21. The Bertz CT molecular complexity index is 566. The molecule has 1 unspecified atom stereocenters. The average Bonchev–Trinajstić information content (AvgIpc) is 2.99. The molecule has 1 amide bonds. The van der Waals surface area contributed by atoms with Gasteiger partial charge in [-0.3, -0.25) is 9.59 Å². The van der Waals surface area contributed by atoms with Crippen LogP contribution >= 0.6 is 0 Å². The van der Waals surface area contributed by atoms with E-state index in [2.05, 4.69) is 5.32 Å². The highest BCUT2D eigenvalue weighted by molar-refractivity contribution is 5.79. The molecule has 2 N–H and O–H groups in total. The van der Waals surface area contributed by atoms with Gasteiger partial charge in [0, 0.05) is 6.42 Å². The van der Waals surface area contributed by atoms with Crippen LogP contribution in [0.15, 0.2) is 24.3 Å². The van der Waals surface area contributed by atoms with Gasteiger partial charge in [0.25, 0.3) is 0 Å². The number of carboxylic acid groups (broad SMARTS) is 1. The molecule has 2 rings (SSSR count). The number of carbonyl (C=O) groups is 2. The van der Waals surface area contributed by atoms with E-state index in [1.165, 1.54) is 12.8 Å². The van der Waals surface area contributed by atoms with Crippen molar-refractivity contribution in [1.82, 2.24) is 5.32 Å². The maximum Gasteiger partial charge on any atom is 0.306 e. The smallest absolute Gasteiger partial charge is 0.306 e. The largest absolute Gasteiger partial charge is 0.497 e. The van der Waals surface area contributed by atoms with Gasteiger partial charge >= 0.3 is 5.97 Å². The fourth-order valence-electron chi connectivity index (χ4n) is 3.32. The van der Waals surface area contributed by atoms with Gasteiger partial charge < -0.3 is 15.2 Å². The zero-order valence-corrected chi connectivity index (χ0v) is 13.8. The third-order valence-corrected chi connectivity index (χ3v) is 4.58. The van der Waals surface area contributed by atoms with Gasteiger partial charge in [-0.1, -0.05) is 25.0 Å². The molecule has 0 aliphatic heterocycles. The molecule has 5 heteroatoms. The molecule has 23 heavy (non-hydrogen) atoms. The van der Waals surface area contributed by atoms with Crippen LogP contribution in [0.1, 0.15) is 51.0 Å². The number of hydrogen-bond acceptors (Lipinski definition) is 3. The summed E-state index contributed by atoms with van der Waals surface area (Å²) in [6, 6.07) is 7.20. The highest BCUT2D eigenvalue weighted by Crippen LogP contribution is 2.30. The van der Waals surface area contributed by atoms with Crippen molar-refractivity contribution in [3.63, 3.8) is 0 Å². The Morgan fingerprint density at radius 3 is 2.65 bits per heavy atom. The topological polar surface area (TPSA) is 75.6 Å². The van der Waals surface area contributed by atoms with Gasteiger partial charge in [-0.05, 0) is 43.4 Å². The van der Waals surface area contributed by atoms with Crippen molar-refractivity contribution in [2.24, 2.45) is 5.92 Å². The molecule has 1 aliphatic carbocycles. The van der Waals surface area contributed by atoms with Gasteiger partial charge in [0.1, 0.15) is 5.75 Å². The van der Waals surface area contributed by atoms with Crippen LogP contribution in [0.2, 0.25) is 0 Å². The van der Waals surface area contributed by atoms with E-state index in [0.717, 1.165) is 18.4 Å². The summed E-state index contributed by atoms with van der Waals surface area (Å²) in [6.45, 7) is 1.75. The second-order valence-corrected chi connectivity index (χ2v) is 6.54. The second kappa shape index (κ2) is 7.49. The van der Waals surface area contributed by atoms with Gasteiger partial charge in [-0.2, -0.15) is 0 Å². The number of carbonyl (C=O) groups excluding carboxylic acids is 1. The van der Waals surface area contributed by atoms with Crippen LogP contribution in [0.4, 0.5) is 0 Å². The van der Waals surface area contributed by atoms with E-state index >= 15 is 0 Å². The third-order valence-electron chi connectivity index (χ3n) is 4.58. The van der Waals surface area contributed by atoms with Gasteiger partial charge in [0.2, 0.25) is 5.91 Å². The number of methoxy groups -OCH3 is 1. The Hall–Kier alpha value is -2.04. The van der Waals surface area contributed by atoms with Crippen LogP contribution in [-0.4, -0.2) is 24.1 Å². The molecule has 1 fully saturated rings. The summed E-state index contributed by atoms with van der Waals surface area (Å²) in [4.78, 5) is 23.7. The molecule has 0 radical (unpaired) electrons. The minimum atomic E-state index is -0.948. The van der Waals surface area contributed by atoms with Crippen LogP contribution < -0.4 is 10.1 Å². The van der Waals surface area contributed by atoms with E-state index in [1.807, 2.05) is 6.07 Å². The molecule has 1 atom stereocenters. The number of rotatable bonds is 7. The monoisotopic (exact) mass is 319 g/mol. The van der Waals surface area contributed by atoms with Gasteiger partial charge in [-0.25, -0.2) is 0 Å². The predicted molar refractivity (Wildman–Crippen MR) is 87.3 cm³/mol. The first-order valence-corrected chi connectivity index (χ1v) is 8.10. The van der Waals surface area contributed by atoms with Crippen molar-refractivity contribution < 1.29 is 19.4 Å². The van der Waals surface area contributed by atoms with Crippen LogP contribution in [0.5, 0.6) is 5.75 Å². The van der Waals surface area contributed by atoms with Crippen molar-refractivity contribution in [2.75, 3.05) is 7.11 Å². The van der Waals surface area contributed by atoms with Crippen LogP contribution in [0.3, 0.4) is 0 Å². The first kappa shape index (κ1) is 17.3. The second-order valence-electron chi connectivity index (χ2n) is 6.54. The van der Waals surface area contributed by atoms with E-state index in [4.69, 9.17) is 4.74 Å². The Balaban J connectivity index is 2.16. The lowest BCUT2D eigenvalue weighted by molar-refractivity contribution is -0.139. The molecule has 1 aromatic rings. The normalized spacial score (nSPS) is 17.5. The number of amides is 1. The fraction of sp³-hybridized carbons (Fsp3) is 0.556. The molecular weight excluding hydrogens is 294 g/mol. The van der Waals surface area contributed by atoms with Gasteiger partial charge in [0.15, 0.2) is 0 Å². The summed E-state index contributed by atoms with van der Waals surface area (Å²) in [6.07, 6.45) is 4.83. The molecule has 0 bridgehead atoms. The van der Waals surface area contributed by atoms with Crippen molar-refractivity contribution in [3.8, 4) is 5.75 Å². The molecule has 1 aliphatic rings. The van der Waals surface area contributed by atoms with Crippen LogP contribution in [0.25, 0.3) is 0 Å². The van der Waals surface area contributed by atoms with Crippen LogP contribution in [0, 0.1) is 5.92 Å². The Morgan fingerprint density at radius 1 is 1.35 bits per heavy atom. The SMILES string of the molecule is COc1cccc(C(C)(CC(=O)O)NC(=O)CC2CCCC2)c1. The lowest BCUT2D eigenvalue weighted by atomic mass is 9.87. The lowest BCUT2D eigenvalue weighted by Crippen LogP contribution is -2.45. The van der Waals surface area contributed by atoms with Crippen molar-refractivity contribution in [3.05, 3.63) is 29.8 Å². The fourth-order valence-corrected chi connectivity index (χ4v) is 3.32. The zero-order valence-electron chi connectivity index (χ0n) is 13.8. The maximum absolute atomic E-state index is 12.4. The number of nitrogens with one attached hydrogen (secondary N) is 1. The van der Waals surface area contributed by atoms with E-state index in [0.29, 0.717) is 18.1 Å². The third kappa shape index (κ3) is 4.71. The van der Waals surface area contributed by atoms with E-state index in [9.17, 15) is 14.7 Å². The molecule has 1 saturated carbocycles. The Morgan fingerprint density at radius 2 is 2.04 bits per heavy atom. The summed E-state index contributed by atoms with van der Waals surface area (Å²) in [5.41, 5.74) is -0.213. The number of carboxylic acids is 1. The maximum atomic E-state index is 12.4. The molecule has 0 heterocycles. The first-order chi connectivity index (χ1) is 10.9. The number of ether oxygens (including phenoxy) is 1. The van der Waals surface area contributed by atoms with E-state index in [1.54, 1.807) is 32.2 Å². The van der Waals surface area contributed by atoms with Crippen molar-refractivity contribution in [2.45, 2.75) is 51.0 Å². The highest BCUT2D eigenvalue weighted by atomic mass is 16.5. The first-order valence-electron chi connectivity index (χ1n) is 8.10. The van der Waals surface area contributed by atoms with E-state index in [-0.39, 0.29) is 12.3 Å².